The van der Waals surface area contributed by atoms with E-state index in [-0.39, 0.29) is 23.0 Å². The number of amides is 2. The number of carbonyl (C=O) groups is 2. The van der Waals surface area contributed by atoms with Crippen LogP contribution in [0, 0.1) is 5.82 Å². The van der Waals surface area contributed by atoms with E-state index in [4.69, 9.17) is 0 Å². The first-order valence-electron chi connectivity index (χ1n) is 13.3. The smallest absolute Gasteiger partial charge is 0.319 e. The Morgan fingerprint density at radius 1 is 1.03 bits per heavy atom. The number of nitrogens with zero attached hydrogens (tertiary/aromatic N) is 1. The van der Waals surface area contributed by atoms with Crippen molar-refractivity contribution < 1.29 is 14.0 Å². The number of carbonyl (C=O) groups excluding carboxylic acids is 2. The highest BCUT2D eigenvalue weighted by Gasteiger charge is 2.27. The first-order valence-corrected chi connectivity index (χ1v) is 14.2. The fourth-order valence-corrected chi connectivity index (χ4v) is 5.42. The van der Waals surface area contributed by atoms with Crippen molar-refractivity contribution in [1.29, 1.82) is 0 Å². The fourth-order valence-electron chi connectivity index (χ4n) is 4.57. The van der Waals surface area contributed by atoms with Gasteiger partial charge in [-0.2, -0.15) is 0 Å². The van der Waals surface area contributed by atoms with Crippen molar-refractivity contribution in [3.63, 3.8) is 0 Å². The summed E-state index contributed by atoms with van der Waals surface area (Å²) in [6.45, 7) is 7.33. The quantitative estimate of drug-likeness (QED) is 0.249. The molecule has 0 unspecified atom stereocenters. The number of thioether (sulfide) groups is 1. The van der Waals surface area contributed by atoms with Crippen LogP contribution in [0.3, 0.4) is 0 Å². The molecule has 0 radical (unpaired) electrons. The molecule has 1 atom stereocenters. The average Bonchev–Trinajstić information content (AvgIpc) is 3.17. The van der Waals surface area contributed by atoms with Crippen LogP contribution in [-0.4, -0.2) is 22.9 Å². The molecule has 39 heavy (non-hydrogen) atoms. The molecule has 6 nitrogen and oxygen atoms in total. The second-order valence-electron chi connectivity index (χ2n) is 9.51. The van der Waals surface area contributed by atoms with Crippen LogP contribution in [-0.2, 0) is 17.9 Å². The minimum atomic E-state index is -0.328. The second kappa shape index (κ2) is 13.8. The molecule has 1 saturated heterocycles. The van der Waals surface area contributed by atoms with Gasteiger partial charge in [-0.3, -0.25) is 4.79 Å². The van der Waals surface area contributed by atoms with E-state index in [0.29, 0.717) is 25.2 Å². The molecule has 1 aliphatic rings. The number of benzene rings is 3. The van der Waals surface area contributed by atoms with E-state index in [1.54, 1.807) is 12.1 Å². The number of nitrogens with one attached hydrogen (secondary N) is 3. The SMILES string of the molecule is C=C(CC)N(c1ccccc1NCc1ccc(NC(=O)NCc2ccc(F)cc2)cc1)[C@@H]1CCCSC(=O)C1. The van der Waals surface area contributed by atoms with Crippen molar-refractivity contribution in [2.24, 2.45) is 0 Å². The highest BCUT2D eigenvalue weighted by Crippen LogP contribution is 2.35. The van der Waals surface area contributed by atoms with E-state index in [1.165, 1.54) is 23.9 Å². The van der Waals surface area contributed by atoms with E-state index in [1.807, 2.05) is 36.4 Å². The van der Waals surface area contributed by atoms with Crippen molar-refractivity contribution in [2.75, 3.05) is 21.3 Å². The number of hydrogen-bond donors (Lipinski definition) is 3. The van der Waals surface area contributed by atoms with Gasteiger partial charge in [-0.05, 0) is 66.8 Å². The number of rotatable bonds is 10. The third-order valence-corrected chi connectivity index (χ3v) is 7.67. The number of para-hydroxylation sites is 2. The zero-order valence-electron chi connectivity index (χ0n) is 22.2. The number of anilines is 3. The van der Waals surface area contributed by atoms with Crippen molar-refractivity contribution in [3.8, 4) is 0 Å². The summed E-state index contributed by atoms with van der Waals surface area (Å²) in [6, 6.07) is 21.6. The highest BCUT2D eigenvalue weighted by molar-refractivity contribution is 8.13. The van der Waals surface area contributed by atoms with Gasteiger partial charge in [0.25, 0.3) is 0 Å². The molecule has 3 N–H and O–H groups in total. The number of allylic oxidation sites excluding steroid dienone is 1. The molecule has 0 bridgehead atoms. The van der Waals surface area contributed by atoms with Crippen LogP contribution in [0.5, 0.6) is 0 Å². The van der Waals surface area contributed by atoms with Crippen LogP contribution in [0.15, 0.2) is 85.1 Å². The van der Waals surface area contributed by atoms with Gasteiger partial charge in [0.05, 0.1) is 11.4 Å². The largest absolute Gasteiger partial charge is 0.379 e. The van der Waals surface area contributed by atoms with E-state index < -0.39 is 0 Å². The maximum absolute atomic E-state index is 13.0. The molecule has 0 spiro atoms. The molecule has 8 heteroatoms. The fraction of sp³-hybridized carbons (Fsp3) is 0.290. The second-order valence-corrected chi connectivity index (χ2v) is 10.7. The van der Waals surface area contributed by atoms with E-state index in [0.717, 1.165) is 53.2 Å². The van der Waals surface area contributed by atoms with Gasteiger partial charge < -0.3 is 20.9 Å². The molecule has 1 aliphatic heterocycles. The van der Waals surface area contributed by atoms with Gasteiger partial charge in [0, 0.05) is 42.7 Å². The summed E-state index contributed by atoms with van der Waals surface area (Å²) in [5.41, 5.74) is 5.57. The minimum absolute atomic E-state index is 0.0995. The standard InChI is InChI=1S/C31H35FN4O2S/c1-3-22(2)36(27-7-6-18-39-30(37)19-27)29-9-5-4-8-28(29)33-20-24-12-16-26(17-13-24)35-31(38)34-21-23-10-14-25(32)15-11-23/h4-5,8-17,27,33H,2-3,6-7,18-21H2,1H3,(H2,34,35,38)/t27-/m1/s1. The van der Waals surface area contributed by atoms with Crippen LogP contribution in [0.2, 0.25) is 0 Å². The molecule has 1 fully saturated rings. The predicted octanol–water partition coefficient (Wildman–Crippen LogP) is 7.30. The highest BCUT2D eigenvalue weighted by atomic mass is 32.2. The monoisotopic (exact) mass is 546 g/mol. The summed E-state index contributed by atoms with van der Waals surface area (Å²) < 4.78 is 13.0. The van der Waals surface area contributed by atoms with Crippen molar-refractivity contribution >= 4 is 40.0 Å². The lowest BCUT2D eigenvalue weighted by atomic mass is 10.0. The lowest BCUT2D eigenvalue weighted by Crippen LogP contribution is -2.35. The third kappa shape index (κ3) is 8.10. The van der Waals surface area contributed by atoms with Gasteiger partial charge in [0.1, 0.15) is 5.82 Å². The van der Waals surface area contributed by atoms with Crippen molar-refractivity contribution in [3.05, 3.63) is 102 Å². The Labute approximate surface area is 234 Å². The Hall–Kier alpha value is -3.78. The molecule has 1 heterocycles. The van der Waals surface area contributed by atoms with Gasteiger partial charge >= 0.3 is 6.03 Å². The predicted molar refractivity (Wildman–Crippen MR) is 159 cm³/mol. The van der Waals surface area contributed by atoms with E-state index in [9.17, 15) is 14.0 Å². The van der Waals surface area contributed by atoms with Crippen LogP contribution >= 0.6 is 11.8 Å². The molecular weight excluding hydrogens is 511 g/mol. The summed E-state index contributed by atoms with van der Waals surface area (Å²) in [5, 5.41) is 9.40. The third-order valence-electron chi connectivity index (χ3n) is 6.69. The molecule has 204 valence electrons. The van der Waals surface area contributed by atoms with E-state index >= 15 is 0 Å². The zero-order valence-corrected chi connectivity index (χ0v) is 23.0. The maximum Gasteiger partial charge on any atom is 0.319 e. The Bertz CT molecular complexity index is 1280. The van der Waals surface area contributed by atoms with Crippen LogP contribution in [0.4, 0.5) is 26.2 Å². The average molecular weight is 547 g/mol. The van der Waals surface area contributed by atoms with E-state index in [2.05, 4.69) is 46.5 Å². The summed E-state index contributed by atoms with van der Waals surface area (Å²) in [5.74, 6) is 0.572. The summed E-state index contributed by atoms with van der Waals surface area (Å²) in [7, 11) is 0. The topological polar surface area (TPSA) is 73.5 Å². The van der Waals surface area contributed by atoms with Gasteiger partial charge in [-0.1, -0.05) is 61.7 Å². The lowest BCUT2D eigenvalue weighted by Gasteiger charge is -2.35. The van der Waals surface area contributed by atoms with Crippen LogP contribution < -0.4 is 20.9 Å². The van der Waals surface area contributed by atoms with Crippen molar-refractivity contribution in [2.45, 2.75) is 51.7 Å². The molecule has 3 aromatic carbocycles. The summed E-state index contributed by atoms with van der Waals surface area (Å²) in [4.78, 5) is 26.9. The summed E-state index contributed by atoms with van der Waals surface area (Å²) >= 11 is 1.44. The van der Waals surface area contributed by atoms with Crippen molar-refractivity contribution in [1.82, 2.24) is 5.32 Å². The van der Waals surface area contributed by atoms with Crippen LogP contribution in [0.25, 0.3) is 0 Å². The Morgan fingerprint density at radius 3 is 2.46 bits per heavy atom. The molecule has 0 aliphatic carbocycles. The number of urea groups is 1. The number of halogens is 1. The lowest BCUT2D eigenvalue weighted by molar-refractivity contribution is -0.111. The van der Waals surface area contributed by atoms with Gasteiger partial charge in [-0.15, -0.1) is 0 Å². The molecule has 2 amide bonds. The first kappa shape index (κ1) is 28.2. The van der Waals surface area contributed by atoms with Gasteiger partial charge in [0.2, 0.25) is 0 Å². The first-order chi connectivity index (χ1) is 18.9. The minimum Gasteiger partial charge on any atom is -0.379 e. The Kier molecular flexibility index (Phi) is 10.0. The Balaban J connectivity index is 1.37. The summed E-state index contributed by atoms with van der Waals surface area (Å²) in [6.07, 6.45) is 3.29. The van der Waals surface area contributed by atoms with Crippen LogP contribution in [0.1, 0.15) is 43.7 Å². The van der Waals surface area contributed by atoms with Gasteiger partial charge in [-0.25, -0.2) is 9.18 Å². The van der Waals surface area contributed by atoms with Gasteiger partial charge in [0.15, 0.2) is 5.12 Å². The molecule has 4 rings (SSSR count). The normalized spacial score (nSPS) is 15.2. The maximum atomic E-state index is 13.0. The Morgan fingerprint density at radius 2 is 1.72 bits per heavy atom. The molecule has 0 saturated carbocycles. The molecule has 3 aromatic rings. The molecular formula is C31H35FN4O2S. The zero-order chi connectivity index (χ0) is 27.6. The number of hydrogen-bond acceptors (Lipinski definition) is 5. The molecule has 0 aromatic heterocycles.